The van der Waals surface area contributed by atoms with E-state index in [0.29, 0.717) is 39.4 Å². The van der Waals surface area contributed by atoms with Gasteiger partial charge in [0.15, 0.2) is 0 Å². The molecule has 0 aliphatic carbocycles. The van der Waals surface area contributed by atoms with Gasteiger partial charge in [0.25, 0.3) is 0 Å². The van der Waals surface area contributed by atoms with Gasteiger partial charge in [-0.25, -0.2) is 4.79 Å². The zero-order valence-electron chi connectivity index (χ0n) is 12.0. The van der Waals surface area contributed by atoms with Crippen LogP contribution in [0.5, 0.6) is 0 Å². The van der Waals surface area contributed by atoms with Crippen molar-refractivity contribution >= 4 is 12.0 Å². The van der Waals surface area contributed by atoms with Gasteiger partial charge in [0, 0.05) is 32.8 Å². The molecule has 2 atom stereocenters. The van der Waals surface area contributed by atoms with Gasteiger partial charge in [-0.15, -0.1) is 0 Å². The lowest BCUT2D eigenvalue weighted by Gasteiger charge is -2.27. The maximum absolute atomic E-state index is 12.3. The number of likely N-dealkylation sites (tertiary alicyclic amines) is 1. The number of rotatable bonds is 6. The van der Waals surface area contributed by atoms with Crippen molar-refractivity contribution in [3.63, 3.8) is 0 Å². The van der Waals surface area contributed by atoms with Crippen molar-refractivity contribution in [2.24, 2.45) is 11.8 Å². The van der Waals surface area contributed by atoms with Crippen LogP contribution < -0.4 is 0 Å². The molecular weight excluding hydrogens is 248 g/mol. The number of hydrogen-bond donors (Lipinski definition) is 1. The van der Waals surface area contributed by atoms with Crippen molar-refractivity contribution in [2.75, 3.05) is 39.4 Å². The number of carboxylic acids is 1. The smallest absolute Gasteiger partial charge is 0.320 e. The first kappa shape index (κ1) is 15.8. The maximum Gasteiger partial charge on any atom is 0.320 e. The minimum atomic E-state index is -0.819. The molecule has 110 valence electrons. The summed E-state index contributed by atoms with van der Waals surface area (Å²) < 4.78 is 5.25. The van der Waals surface area contributed by atoms with Crippen LogP contribution in [-0.4, -0.2) is 66.3 Å². The van der Waals surface area contributed by atoms with Crippen molar-refractivity contribution in [1.29, 1.82) is 0 Å². The molecule has 1 aliphatic heterocycles. The number of amides is 2. The average molecular weight is 272 g/mol. The third kappa shape index (κ3) is 4.09. The summed E-state index contributed by atoms with van der Waals surface area (Å²) in [5, 5.41) is 9.08. The van der Waals surface area contributed by atoms with E-state index in [1.165, 1.54) is 0 Å². The van der Waals surface area contributed by atoms with Crippen LogP contribution >= 0.6 is 0 Å². The van der Waals surface area contributed by atoms with Crippen LogP contribution in [0, 0.1) is 11.8 Å². The van der Waals surface area contributed by atoms with Crippen LogP contribution in [0.2, 0.25) is 0 Å². The highest BCUT2D eigenvalue weighted by Gasteiger charge is 2.38. The zero-order valence-corrected chi connectivity index (χ0v) is 12.0. The second kappa shape index (κ2) is 7.33. The van der Waals surface area contributed by atoms with Gasteiger partial charge in [0.05, 0.1) is 12.5 Å². The first-order chi connectivity index (χ1) is 9.01. The monoisotopic (exact) mass is 272 g/mol. The predicted octanol–water partition coefficient (Wildman–Crippen LogP) is 1.12. The Bertz CT molecular complexity index is 322. The second-order valence-electron chi connectivity index (χ2n) is 4.89. The Morgan fingerprint density at radius 2 is 2.05 bits per heavy atom. The van der Waals surface area contributed by atoms with E-state index in [1.54, 1.807) is 9.80 Å². The summed E-state index contributed by atoms with van der Waals surface area (Å²) in [6, 6.07) is -0.0854. The molecule has 0 aromatic heterocycles. The number of ether oxygens (including phenoxy) is 1. The minimum absolute atomic E-state index is 0.00653. The summed E-state index contributed by atoms with van der Waals surface area (Å²) in [6.45, 7) is 8.83. The molecule has 0 saturated carbocycles. The van der Waals surface area contributed by atoms with Gasteiger partial charge in [-0.2, -0.15) is 0 Å². The fourth-order valence-electron chi connectivity index (χ4n) is 2.35. The van der Waals surface area contributed by atoms with E-state index in [9.17, 15) is 9.59 Å². The number of carbonyl (C=O) groups is 2. The summed E-state index contributed by atoms with van der Waals surface area (Å²) in [6.07, 6.45) is 0. The van der Waals surface area contributed by atoms with Crippen molar-refractivity contribution in [3.05, 3.63) is 0 Å². The molecule has 0 unspecified atom stereocenters. The number of hydrogen-bond acceptors (Lipinski definition) is 3. The topological polar surface area (TPSA) is 70.1 Å². The number of carboxylic acid groups (broad SMARTS) is 1. The van der Waals surface area contributed by atoms with Gasteiger partial charge < -0.3 is 19.6 Å². The molecule has 0 radical (unpaired) electrons. The van der Waals surface area contributed by atoms with E-state index < -0.39 is 11.9 Å². The molecule has 1 N–H and O–H groups in total. The Morgan fingerprint density at radius 3 is 2.53 bits per heavy atom. The quantitative estimate of drug-likeness (QED) is 0.736. The van der Waals surface area contributed by atoms with Gasteiger partial charge in [-0.1, -0.05) is 6.92 Å². The summed E-state index contributed by atoms with van der Waals surface area (Å²) >= 11 is 0. The van der Waals surface area contributed by atoms with Crippen molar-refractivity contribution in [1.82, 2.24) is 9.80 Å². The van der Waals surface area contributed by atoms with Gasteiger partial charge >= 0.3 is 12.0 Å². The van der Waals surface area contributed by atoms with Gasteiger partial charge in [-0.05, 0) is 19.8 Å². The summed E-state index contributed by atoms with van der Waals surface area (Å²) in [5.74, 6) is -1.26. The Kier molecular flexibility index (Phi) is 6.08. The lowest BCUT2D eigenvalue weighted by molar-refractivity contribution is -0.142. The Morgan fingerprint density at radius 1 is 1.37 bits per heavy atom. The van der Waals surface area contributed by atoms with E-state index >= 15 is 0 Å². The molecule has 1 rings (SSSR count). The highest BCUT2D eigenvalue weighted by molar-refractivity contribution is 5.77. The van der Waals surface area contributed by atoms with E-state index in [1.807, 2.05) is 20.8 Å². The van der Waals surface area contributed by atoms with Crippen LogP contribution in [0.15, 0.2) is 0 Å². The first-order valence-electron chi connectivity index (χ1n) is 6.85. The Labute approximate surface area is 114 Å². The molecule has 0 spiro atoms. The number of urea groups is 1. The fraction of sp³-hybridized carbons (Fsp3) is 0.846. The molecule has 6 nitrogen and oxygen atoms in total. The summed E-state index contributed by atoms with van der Waals surface area (Å²) in [4.78, 5) is 26.7. The highest BCUT2D eigenvalue weighted by Crippen LogP contribution is 2.24. The van der Waals surface area contributed by atoms with E-state index in [-0.39, 0.29) is 11.9 Å². The predicted molar refractivity (Wildman–Crippen MR) is 71.0 cm³/mol. The largest absolute Gasteiger partial charge is 0.481 e. The fourth-order valence-corrected chi connectivity index (χ4v) is 2.35. The Hall–Kier alpha value is -1.30. The third-order valence-electron chi connectivity index (χ3n) is 3.56. The number of nitrogens with zero attached hydrogens (tertiary/aromatic N) is 2. The van der Waals surface area contributed by atoms with E-state index in [2.05, 4.69) is 0 Å². The molecule has 0 aromatic rings. The van der Waals surface area contributed by atoms with Crippen molar-refractivity contribution in [2.45, 2.75) is 20.8 Å². The number of carbonyl (C=O) groups excluding carboxylic acids is 1. The third-order valence-corrected chi connectivity index (χ3v) is 3.56. The molecule has 0 bridgehead atoms. The zero-order chi connectivity index (χ0) is 14.4. The van der Waals surface area contributed by atoms with Crippen LogP contribution in [0.1, 0.15) is 20.8 Å². The van der Waals surface area contributed by atoms with Crippen LogP contribution in [0.3, 0.4) is 0 Å². The molecule has 2 amide bonds. The number of likely N-dealkylation sites (N-methyl/N-ethyl adjacent to an activating group) is 1. The SMILES string of the molecule is CCOCCN(CC)C(=O)N1C[C@@H](C)[C@H](C(=O)O)C1. The standard InChI is InChI=1S/C13H24N2O4/c1-4-14(6-7-19-5-2)13(18)15-8-10(3)11(9-15)12(16)17/h10-11H,4-9H2,1-3H3,(H,16,17)/t10-,11-/m1/s1. The first-order valence-corrected chi connectivity index (χ1v) is 6.85. The highest BCUT2D eigenvalue weighted by atomic mass is 16.5. The van der Waals surface area contributed by atoms with E-state index in [0.717, 1.165) is 0 Å². The van der Waals surface area contributed by atoms with Gasteiger partial charge in [-0.3, -0.25) is 4.79 Å². The molecule has 1 fully saturated rings. The van der Waals surface area contributed by atoms with Gasteiger partial charge in [0.2, 0.25) is 0 Å². The molecule has 1 saturated heterocycles. The average Bonchev–Trinajstić information content (AvgIpc) is 2.76. The second-order valence-corrected chi connectivity index (χ2v) is 4.89. The molecule has 19 heavy (non-hydrogen) atoms. The lowest BCUT2D eigenvalue weighted by Crippen LogP contribution is -2.43. The van der Waals surface area contributed by atoms with Crippen molar-refractivity contribution < 1.29 is 19.4 Å². The van der Waals surface area contributed by atoms with Crippen LogP contribution in [0.25, 0.3) is 0 Å². The summed E-state index contributed by atoms with van der Waals surface area (Å²) in [5.41, 5.74) is 0. The van der Waals surface area contributed by atoms with Crippen LogP contribution in [-0.2, 0) is 9.53 Å². The van der Waals surface area contributed by atoms with Crippen LogP contribution in [0.4, 0.5) is 4.79 Å². The van der Waals surface area contributed by atoms with E-state index in [4.69, 9.17) is 9.84 Å². The Balaban J connectivity index is 2.54. The minimum Gasteiger partial charge on any atom is -0.481 e. The molecule has 6 heteroatoms. The number of aliphatic carboxylic acids is 1. The normalized spacial score (nSPS) is 22.6. The van der Waals surface area contributed by atoms with Crippen molar-refractivity contribution in [3.8, 4) is 0 Å². The molecule has 0 aromatic carbocycles. The molecule has 1 aliphatic rings. The summed E-state index contributed by atoms with van der Waals surface area (Å²) in [7, 11) is 0. The lowest BCUT2D eigenvalue weighted by atomic mass is 9.99. The van der Waals surface area contributed by atoms with Gasteiger partial charge in [0.1, 0.15) is 0 Å². The maximum atomic E-state index is 12.3. The molecular formula is C13H24N2O4. The molecule has 1 heterocycles.